The van der Waals surface area contributed by atoms with Gasteiger partial charge in [0, 0.05) is 16.7 Å². The summed E-state index contributed by atoms with van der Waals surface area (Å²) in [7, 11) is 2.88. The van der Waals surface area contributed by atoms with Crippen LogP contribution in [-0.4, -0.2) is 36.2 Å². The first-order chi connectivity index (χ1) is 13.4. The molecule has 2 aromatic carbocycles. The average molecular weight is 401 g/mol. The zero-order valence-corrected chi connectivity index (χ0v) is 15.8. The summed E-state index contributed by atoms with van der Waals surface area (Å²) in [6, 6.07) is 11.5. The number of benzene rings is 2. The summed E-state index contributed by atoms with van der Waals surface area (Å²) in [6.45, 7) is 0. The molecule has 0 fully saturated rings. The number of hydrogen-bond donors (Lipinski definition) is 3. The number of methoxy groups -OCH3 is 2. The Bertz CT molecular complexity index is 1050. The quantitative estimate of drug-likeness (QED) is 0.587. The van der Waals surface area contributed by atoms with Gasteiger partial charge in [-0.25, -0.2) is 0 Å². The number of rotatable bonds is 6. The zero-order valence-electron chi connectivity index (χ0n) is 15.1. The molecule has 3 rings (SSSR count). The van der Waals surface area contributed by atoms with Crippen LogP contribution in [-0.2, 0) is 0 Å². The lowest BCUT2D eigenvalue weighted by Crippen LogP contribution is -2.19. The van der Waals surface area contributed by atoms with Gasteiger partial charge in [0.05, 0.1) is 31.2 Å². The molecule has 4 N–H and O–H groups in total. The Morgan fingerprint density at radius 2 is 1.82 bits per heavy atom. The van der Waals surface area contributed by atoms with E-state index in [0.717, 1.165) is 5.56 Å². The van der Waals surface area contributed by atoms with Crippen LogP contribution in [0.4, 0.5) is 5.69 Å². The lowest BCUT2D eigenvalue weighted by atomic mass is 10.1. The molecular weight excluding hydrogens is 384 g/mol. The molecule has 1 heterocycles. The van der Waals surface area contributed by atoms with Crippen LogP contribution in [0.5, 0.6) is 11.5 Å². The van der Waals surface area contributed by atoms with E-state index in [4.69, 9.17) is 26.8 Å². The average Bonchev–Trinajstić information content (AvgIpc) is 3.17. The van der Waals surface area contributed by atoms with E-state index in [0.29, 0.717) is 22.2 Å². The van der Waals surface area contributed by atoms with E-state index in [-0.39, 0.29) is 16.9 Å². The molecule has 0 aliphatic rings. The van der Waals surface area contributed by atoms with E-state index < -0.39 is 11.8 Å². The number of halogens is 1. The minimum Gasteiger partial charge on any atom is -0.493 e. The molecule has 28 heavy (non-hydrogen) atoms. The fraction of sp³-hybridized carbons (Fsp3) is 0.105. The minimum atomic E-state index is -0.722. The smallest absolute Gasteiger partial charge is 0.273 e. The number of hydrogen-bond acceptors (Lipinski definition) is 5. The fourth-order valence-electron chi connectivity index (χ4n) is 2.61. The van der Waals surface area contributed by atoms with Gasteiger partial charge in [0.15, 0.2) is 11.5 Å². The van der Waals surface area contributed by atoms with Gasteiger partial charge < -0.3 is 20.5 Å². The first-order valence-electron chi connectivity index (χ1n) is 8.11. The van der Waals surface area contributed by atoms with Crippen LogP contribution in [0.15, 0.2) is 42.5 Å². The van der Waals surface area contributed by atoms with Gasteiger partial charge in [-0.05, 0) is 24.3 Å². The van der Waals surface area contributed by atoms with Crippen LogP contribution in [0.25, 0.3) is 11.3 Å². The van der Waals surface area contributed by atoms with E-state index in [2.05, 4.69) is 15.5 Å². The molecule has 0 atom stereocenters. The normalized spacial score (nSPS) is 10.4. The van der Waals surface area contributed by atoms with Crippen LogP contribution >= 0.6 is 11.6 Å². The standard InChI is InChI=1S/C19H17ClN4O4/c1-27-16-7-12(18(21)25)14(9-17(16)28-2)22-19(26)15-8-13(23-24-15)10-4-3-5-11(20)6-10/h3-9H,1-2H3,(H2,21,25)(H,22,26)(H,23,24). The summed E-state index contributed by atoms with van der Waals surface area (Å²) in [5.41, 5.74) is 7.19. The zero-order chi connectivity index (χ0) is 20.3. The van der Waals surface area contributed by atoms with Crippen LogP contribution in [0.2, 0.25) is 5.02 Å². The maximum absolute atomic E-state index is 12.6. The van der Waals surface area contributed by atoms with Crippen LogP contribution in [0, 0.1) is 0 Å². The Hall–Kier alpha value is -3.52. The number of amides is 2. The Morgan fingerprint density at radius 1 is 1.11 bits per heavy atom. The number of H-pyrrole nitrogens is 1. The number of nitrogens with zero attached hydrogens (tertiary/aromatic N) is 1. The first kappa shape index (κ1) is 19.2. The second-order valence-corrected chi connectivity index (χ2v) is 6.18. The van der Waals surface area contributed by atoms with E-state index in [1.807, 2.05) is 6.07 Å². The summed E-state index contributed by atoms with van der Waals surface area (Å²) in [6.07, 6.45) is 0. The highest BCUT2D eigenvalue weighted by atomic mass is 35.5. The monoisotopic (exact) mass is 400 g/mol. The molecule has 8 nitrogen and oxygen atoms in total. The van der Waals surface area contributed by atoms with E-state index >= 15 is 0 Å². The van der Waals surface area contributed by atoms with Gasteiger partial charge in [0.1, 0.15) is 5.69 Å². The van der Waals surface area contributed by atoms with Crippen molar-refractivity contribution in [2.75, 3.05) is 19.5 Å². The van der Waals surface area contributed by atoms with Gasteiger partial charge in [0.25, 0.3) is 11.8 Å². The molecule has 0 radical (unpaired) electrons. The predicted molar refractivity (Wildman–Crippen MR) is 105 cm³/mol. The maximum atomic E-state index is 12.6. The number of carbonyl (C=O) groups is 2. The van der Waals surface area contributed by atoms with Crippen molar-refractivity contribution < 1.29 is 19.1 Å². The molecule has 9 heteroatoms. The fourth-order valence-corrected chi connectivity index (χ4v) is 2.80. The molecule has 0 saturated heterocycles. The highest BCUT2D eigenvalue weighted by Gasteiger charge is 2.19. The summed E-state index contributed by atoms with van der Waals surface area (Å²) < 4.78 is 10.4. The van der Waals surface area contributed by atoms with Crippen molar-refractivity contribution >= 4 is 29.1 Å². The lowest BCUT2D eigenvalue weighted by molar-refractivity contribution is 0.100. The number of ether oxygens (including phenoxy) is 2. The number of carbonyl (C=O) groups excluding carboxylic acids is 2. The lowest BCUT2D eigenvalue weighted by Gasteiger charge is -2.13. The second kappa shape index (κ2) is 8.01. The van der Waals surface area contributed by atoms with Crippen LogP contribution in [0.3, 0.4) is 0 Å². The molecule has 0 aliphatic carbocycles. The van der Waals surface area contributed by atoms with Crippen molar-refractivity contribution in [3.8, 4) is 22.8 Å². The van der Waals surface area contributed by atoms with E-state index in [1.165, 1.54) is 26.4 Å². The molecule has 144 valence electrons. The van der Waals surface area contributed by atoms with Gasteiger partial charge >= 0.3 is 0 Å². The van der Waals surface area contributed by atoms with Crippen molar-refractivity contribution in [2.45, 2.75) is 0 Å². The first-order valence-corrected chi connectivity index (χ1v) is 8.49. The topological polar surface area (TPSA) is 119 Å². The number of primary amides is 1. The molecule has 0 spiro atoms. The molecule has 1 aromatic heterocycles. The Labute approximate surface area is 165 Å². The molecule has 2 amide bonds. The van der Waals surface area contributed by atoms with Crippen molar-refractivity contribution in [2.24, 2.45) is 5.73 Å². The Balaban J connectivity index is 1.90. The van der Waals surface area contributed by atoms with Gasteiger partial charge in [-0.15, -0.1) is 0 Å². The third-order valence-electron chi connectivity index (χ3n) is 3.98. The summed E-state index contributed by atoms with van der Waals surface area (Å²) in [4.78, 5) is 24.4. The largest absolute Gasteiger partial charge is 0.493 e. The van der Waals surface area contributed by atoms with Gasteiger partial charge in [-0.3, -0.25) is 14.7 Å². The van der Waals surface area contributed by atoms with Gasteiger partial charge in [-0.1, -0.05) is 23.7 Å². The maximum Gasteiger partial charge on any atom is 0.273 e. The number of aromatic nitrogens is 2. The van der Waals surface area contributed by atoms with Crippen molar-refractivity contribution in [3.63, 3.8) is 0 Å². The van der Waals surface area contributed by atoms with Crippen molar-refractivity contribution in [1.82, 2.24) is 10.2 Å². The third kappa shape index (κ3) is 3.91. The minimum absolute atomic E-state index is 0.0839. The summed E-state index contributed by atoms with van der Waals surface area (Å²) in [5.74, 6) is -0.568. The van der Waals surface area contributed by atoms with Crippen LogP contribution in [0.1, 0.15) is 20.8 Å². The highest BCUT2D eigenvalue weighted by Crippen LogP contribution is 2.33. The third-order valence-corrected chi connectivity index (χ3v) is 4.22. The molecule has 0 saturated carbocycles. The number of anilines is 1. The molecule has 0 bridgehead atoms. The van der Waals surface area contributed by atoms with Crippen molar-refractivity contribution in [3.05, 3.63) is 58.7 Å². The number of aromatic amines is 1. The SMILES string of the molecule is COc1cc(NC(=O)c2cc(-c3cccc(Cl)c3)n[nH]2)c(C(N)=O)cc1OC. The van der Waals surface area contributed by atoms with Gasteiger partial charge in [-0.2, -0.15) is 5.10 Å². The summed E-state index contributed by atoms with van der Waals surface area (Å²) >= 11 is 5.99. The molecule has 0 unspecified atom stereocenters. The van der Waals surface area contributed by atoms with Crippen molar-refractivity contribution in [1.29, 1.82) is 0 Å². The Kier molecular flexibility index (Phi) is 5.51. The second-order valence-electron chi connectivity index (χ2n) is 5.75. The highest BCUT2D eigenvalue weighted by molar-refractivity contribution is 6.30. The number of nitrogens with one attached hydrogen (secondary N) is 2. The van der Waals surface area contributed by atoms with E-state index in [9.17, 15) is 9.59 Å². The molecular formula is C19H17ClN4O4. The predicted octanol–water partition coefficient (Wildman–Crippen LogP) is 3.10. The summed E-state index contributed by atoms with van der Waals surface area (Å²) in [5, 5.41) is 9.99. The van der Waals surface area contributed by atoms with Crippen LogP contribution < -0.4 is 20.5 Å². The van der Waals surface area contributed by atoms with Gasteiger partial charge in [0.2, 0.25) is 0 Å². The molecule has 0 aliphatic heterocycles. The Morgan fingerprint density at radius 3 is 2.46 bits per heavy atom. The van der Waals surface area contributed by atoms with E-state index in [1.54, 1.807) is 24.3 Å². The molecule has 3 aromatic rings. The number of nitrogens with two attached hydrogens (primary N) is 1.